The van der Waals surface area contributed by atoms with Crippen LogP contribution in [-0.4, -0.2) is 32.2 Å². The fraction of sp³-hybridized carbons (Fsp3) is 0.107. The number of fused-ring (bicyclic) bond motifs is 1. The van der Waals surface area contributed by atoms with Crippen molar-refractivity contribution in [3.8, 4) is 28.6 Å². The lowest BCUT2D eigenvalue weighted by atomic mass is 10.1. The van der Waals surface area contributed by atoms with Gasteiger partial charge in [-0.3, -0.25) is 4.98 Å². The predicted molar refractivity (Wildman–Crippen MR) is 133 cm³/mol. The summed E-state index contributed by atoms with van der Waals surface area (Å²) in [5, 5.41) is 10.6. The molecule has 2 aromatic carbocycles. The van der Waals surface area contributed by atoms with Crippen molar-refractivity contribution < 1.29 is 19.4 Å². The van der Waals surface area contributed by atoms with Crippen LogP contribution < -0.4 is 9.47 Å². The molecule has 7 heteroatoms. The number of carbonyl (C=O) groups is 1. The first-order valence-electron chi connectivity index (χ1n) is 11.2. The van der Waals surface area contributed by atoms with Gasteiger partial charge in [0.15, 0.2) is 0 Å². The molecule has 3 heterocycles. The second-order valence-electron chi connectivity index (χ2n) is 8.04. The zero-order valence-corrected chi connectivity index (χ0v) is 19.1. The van der Waals surface area contributed by atoms with E-state index in [-0.39, 0.29) is 5.69 Å². The number of rotatable bonds is 8. The molecular formula is C28H23N3O4. The molecule has 0 spiro atoms. The number of hydrogen-bond acceptors (Lipinski definition) is 5. The SMILES string of the molecule is Cc1cccc(-c2nccc3c2cc(C(=O)O)n3CCOc2ccc(Oc3ccccn3)cc2)c1. The zero-order valence-electron chi connectivity index (χ0n) is 19.1. The van der Waals surface area contributed by atoms with E-state index in [1.165, 1.54) is 0 Å². The summed E-state index contributed by atoms with van der Waals surface area (Å²) < 4.78 is 13.4. The van der Waals surface area contributed by atoms with E-state index < -0.39 is 5.97 Å². The van der Waals surface area contributed by atoms with Crippen LogP contribution in [0.3, 0.4) is 0 Å². The number of carboxylic acids is 1. The number of aromatic carboxylic acids is 1. The molecule has 7 nitrogen and oxygen atoms in total. The van der Waals surface area contributed by atoms with Crippen LogP contribution in [-0.2, 0) is 6.54 Å². The summed E-state index contributed by atoms with van der Waals surface area (Å²) in [7, 11) is 0. The summed E-state index contributed by atoms with van der Waals surface area (Å²) in [4.78, 5) is 20.7. The summed E-state index contributed by atoms with van der Waals surface area (Å²) in [6.45, 7) is 2.69. The highest BCUT2D eigenvalue weighted by Crippen LogP contribution is 2.30. The van der Waals surface area contributed by atoms with E-state index in [0.29, 0.717) is 30.5 Å². The van der Waals surface area contributed by atoms with E-state index in [2.05, 4.69) is 9.97 Å². The molecule has 0 saturated carbocycles. The minimum atomic E-state index is -0.993. The third kappa shape index (κ3) is 4.84. The van der Waals surface area contributed by atoms with Gasteiger partial charge in [0.2, 0.25) is 5.88 Å². The molecule has 0 aliphatic carbocycles. The van der Waals surface area contributed by atoms with Crippen LogP contribution in [0.15, 0.2) is 91.3 Å². The van der Waals surface area contributed by atoms with Crippen molar-refractivity contribution in [2.45, 2.75) is 13.5 Å². The predicted octanol–water partition coefficient (Wildman–Crippen LogP) is 5.98. The first-order chi connectivity index (χ1) is 17.1. The molecule has 0 aliphatic heterocycles. The van der Waals surface area contributed by atoms with Gasteiger partial charge in [0.25, 0.3) is 0 Å². The smallest absolute Gasteiger partial charge is 0.352 e. The van der Waals surface area contributed by atoms with Crippen LogP contribution >= 0.6 is 0 Å². The van der Waals surface area contributed by atoms with Gasteiger partial charge < -0.3 is 19.1 Å². The van der Waals surface area contributed by atoms with Gasteiger partial charge in [0, 0.05) is 29.4 Å². The second-order valence-corrected chi connectivity index (χ2v) is 8.04. The molecule has 0 fully saturated rings. The minimum Gasteiger partial charge on any atom is -0.492 e. The van der Waals surface area contributed by atoms with Gasteiger partial charge in [-0.15, -0.1) is 0 Å². The van der Waals surface area contributed by atoms with Gasteiger partial charge in [-0.25, -0.2) is 9.78 Å². The summed E-state index contributed by atoms with van der Waals surface area (Å²) >= 11 is 0. The van der Waals surface area contributed by atoms with E-state index in [1.54, 1.807) is 41.2 Å². The second kappa shape index (κ2) is 9.69. The molecule has 0 bridgehead atoms. The Balaban J connectivity index is 1.34. The van der Waals surface area contributed by atoms with E-state index in [9.17, 15) is 9.90 Å². The van der Waals surface area contributed by atoms with Gasteiger partial charge >= 0.3 is 5.97 Å². The Morgan fingerprint density at radius 2 is 1.74 bits per heavy atom. The van der Waals surface area contributed by atoms with Gasteiger partial charge in [-0.1, -0.05) is 29.8 Å². The summed E-state index contributed by atoms with van der Waals surface area (Å²) in [5.74, 6) is 0.833. The highest BCUT2D eigenvalue weighted by atomic mass is 16.5. The van der Waals surface area contributed by atoms with Crippen molar-refractivity contribution in [1.82, 2.24) is 14.5 Å². The Bertz CT molecular complexity index is 1480. The number of ether oxygens (including phenoxy) is 2. The maximum absolute atomic E-state index is 12.0. The minimum absolute atomic E-state index is 0.199. The van der Waals surface area contributed by atoms with Crippen LogP contribution in [0.2, 0.25) is 0 Å². The topological polar surface area (TPSA) is 86.5 Å². The van der Waals surface area contributed by atoms with Gasteiger partial charge in [-0.05, 0) is 55.5 Å². The van der Waals surface area contributed by atoms with Crippen molar-refractivity contribution in [3.63, 3.8) is 0 Å². The number of nitrogens with zero attached hydrogens (tertiary/aromatic N) is 3. The molecule has 0 atom stereocenters. The first kappa shape index (κ1) is 22.2. The van der Waals surface area contributed by atoms with E-state index >= 15 is 0 Å². The number of pyridine rings is 2. The molecule has 174 valence electrons. The summed E-state index contributed by atoms with van der Waals surface area (Å²) in [6, 6.07) is 24.2. The number of hydrogen-bond donors (Lipinski definition) is 1. The molecular weight excluding hydrogens is 442 g/mol. The Hall–Kier alpha value is -4.65. The van der Waals surface area contributed by atoms with Crippen molar-refractivity contribution in [2.75, 3.05) is 6.61 Å². The van der Waals surface area contributed by atoms with E-state index in [4.69, 9.17) is 9.47 Å². The largest absolute Gasteiger partial charge is 0.492 e. The highest BCUT2D eigenvalue weighted by Gasteiger charge is 2.18. The highest BCUT2D eigenvalue weighted by molar-refractivity contribution is 6.00. The Morgan fingerprint density at radius 1 is 0.914 bits per heavy atom. The Morgan fingerprint density at radius 3 is 2.49 bits per heavy atom. The average Bonchev–Trinajstić information content (AvgIpc) is 3.25. The maximum atomic E-state index is 12.0. The lowest BCUT2D eigenvalue weighted by molar-refractivity contribution is 0.0684. The van der Waals surface area contributed by atoms with Gasteiger partial charge in [-0.2, -0.15) is 0 Å². The van der Waals surface area contributed by atoms with Crippen molar-refractivity contribution in [1.29, 1.82) is 0 Å². The number of benzene rings is 2. The van der Waals surface area contributed by atoms with Crippen LogP contribution in [0.1, 0.15) is 16.1 Å². The standard InChI is InChI=1S/C28H23N3O4/c1-19-5-4-6-20(17-19)27-23-18-25(28(32)33)31(24(23)12-14-30-27)15-16-34-21-8-10-22(11-9-21)35-26-7-2-3-13-29-26/h2-14,17-18H,15-16H2,1H3,(H,32,33). The average molecular weight is 466 g/mol. The molecule has 1 N–H and O–H groups in total. The lowest BCUT2D eigenvalue weighted by Crippen LogP contribution is -2.13. The summed E-state index contributed by atoms with van der Waals surface area (Å²) in [5.41, 5.74) is 3.83. The third-order valence-corrected chi connectivity index (χ3v) is 5.61. The van der Waals surface area contributed by atoms with E-state index in [0.717, 1.165) is 27.7 Å². The normalized spacial score (nSPS) is 10.9. The van der Waals surface area contributed by atoms with Crippen LogP contribution in [0.4, 0.5) is 0 Å². The number of carboxylic acid groups (broad SMARTS) is 1. The maximum Gasteiger partial charge on any atom is 0.352 e. The zero-order chi connectivity index (χ0) is 24.2. The fourth-order valence-electron chi connectivity index (χ4n) is 4.01. The first-order valence-corrected chi connectivity index (χ1v) is 11.2. The Kier molecular flexibility index (Phi) is 6.13. The van der Waals surface area contributed by atoms with Crippen molar-refractivity contribution >= 4 is 16.9 Å². The molecule has 35 heavy (non-hydrogen) atoms. The fourth-order valence-corrected chi connectivity index (χ4v) is 4.01. The van der Waals surface area contributed by atoms with Gasteiger partial charge in [0.05, 0.1) is 17.8 Å². The van der Waals surface area contributed by atoms with E-state index in [1.807, 2.05) is 61.5 Å². The molecule has 0 unspecified atom stereocenters. The van der Waals surface area contributed by atoms with Crippen molar-refractivity contribution in [2.24, 2.45) is 0 Å². The number of aryl methyl sites for hydroxylation is 1. The molecule has 5 rings (SSSR count). The number of aromatic nitrogens is 3. The van der Waals surface area contributed by atoms with Crippen LogP contribution in [0, 0.1) is 6.92 Å². The lowest BCUT2D eigenvalue weighted by Gasteiger charge is -2.11. The molecule has 3 aromatic heterocycles. The monoisotopic (exact) mass is 465 g/mol. The Labute approximate surface area is 202 Å². The van der Waals surface area contributed by atoms with Crippen molar-refractivity contribution in [3.05, 3.63) is 103 Å². The molecule has 0 radical (unpaired) electrons. The quantitative estimate of drug-likeness (QED) is 0.304. The molecule has 5 aromatic rings. The third-order valence-electron chi connectivity index (χ3n) is 5.61. The molecule has 0 amide bonds. The van der Waals surface area contributed by atoms with Gasteiger partial charge in [0.1, 0.15) is 23.8 Å². The molecule has 0 aliphatic rings. The molecule has 0 saturated heterocycles. The summed E-state index contributed by atoms with van der Waals surface area (Å²) in [6.07, 6.45) is 3.38. The van der Waals surface area contributed by atoms with Crippen LogP contribution in [0.5, 0.6) is 17.4 Å². The van der Waals surface area contributed by atoms with Crippen LogP contribution in [0.25, 0.3) is 22.2 Å².